The fourth-order valence-electron chi connectivity index (χ4n) is 0.966. The normalized spacial score (nSPS) is 7.81. The third-order valence-electron chi connectivity index (χ3n) is 1.78. The number of hydrogen-bond acceptors (Lipinski definition) is 0. The van der Waals surface area contributed by atoms with Gasteiger partial charge in [0.05, 0.1) is 0 Å². The summed E-state index contributed by atoms with van der Waals surface area (Å²) in [7, 11) is 2.00. The summed E-state index contributed by atoms with van der Waals surface area (Å²) in [6.07, 6.45) is 2.37. The predicted octanol–water partition coefficient (Wildman–Crippen LogP) is -4.12. The Bertz CT molecular complexity index is 307. The van der Waals surface area contributed by atoms with Gasteiger partial charge in [-0.1, -0.05) is 0 Å². The van der Waals surface area contributed by atoms with Crippen molar-refractivity contribution in [3.8, 4) is 0 Å². The number of hydrogen-bond donors (Lipinski definition) is 0. The molecule has 0 fully saturated rings. The van der Waals surface area contributed by atoms with Crippen LogP contribution in [0.1, 0.15) is 13.3 Å². The molecule has 0 rings (SSSR count). The van der Waals surface area contributed by atoms with Crippen LogP contribution in [-0.2, 0) is 0 Å². The average molecular weight is 186 g/mol. The number of rotatable bonds is 7. The van der Waals surface area contributed by atoms with Gasteiger partial charge in [0.15, 0.2) is 0 Å². The molecule has 0 amide bonds. The topological polar surface area (TPSA) is 0 Å². The predicted molar refractivity (Wildman–Crippen MR) is 92.7 cm³/mol. The first-order valence-electron chi connectivity index (χ1n) is 5.86. The van der Waals surface area contributed by atoms with E-state index in [2.05, 4.69) is 27.1 Å². The maximum atomic E-state index is 2.18. The Hall–Kier alpha value is 0.844. The van der Waals surface area contributed by atoms with Crippen LogP contribution in [0.3, 0.4) is 0 Å². The van der Waals surface area contributed by atoms with Crippen molar-refractivity contribution in [1.82, 2.24) is 0 Å². The standard InChI is InChI=1S/C3H9B13/c1-2-3-5-7-9-11-13-15-16-14-12-10-8-6-4/h2-4H2,1H3. The molecule has 0 saturated carbocycles. The Morgan fingerprint density at radius 2 is 1.12 bits per heavy atom. The van der Waals surface area contributed by atoms with E-state index >= 15 is 0 Å². The first-order chi connectivity index (χ1) is 7.91. The SMILES string of the molecule is BB=BB=BB=BB=BB=BB=BCCC. The Morgan fingerprint density at radius 1 is 0.688 bits per heavy atom. The van der Waals surface area contributed by atoms with Crippen molar-refractivity contribution in [2.75, 3.05) is 0 Å². The fraction of sp³-hybridized carbons (Fsp3) is 1.00. The van der Waals surface area contributed by atoms with Crippen LogP contribution >= 0.6 is 0 Å². The van der Waals surface area contributed by atoms with Crippen LogP contribution in [0, 0.1) is 0 Å². The van der Waals surface area contributed by atoms with Gasteiger partial charge < -0.3 is 0 Å². The van der Waals surface area contributed by atoms with Gasteiger partial charge in [0.1, 0.15) is 0 Å². The van der Waals surface area contributed by atoms with Crippen LogP contribution in [0.25, 0.3) is 0 Å². The van der Waals surface area contributed by atoms with Gasteiger partial charge in [-0.2, -0.15) is 0 Å². The molecule has 0 radical (unpaired) electrons. The molecule has 0 aromatic heterocycles. The van der Waals surface area contributed by atoms with E-state index in [1.165, 1.54) is 6.42 Å². The summed E-state index contributed by atoms with van der Waals surface area (Å²) in [5.74, 6) is 0. The summed E-state index contributed by atoms with van der Waals surface area (Å²) >= 11 is 0. The van der Waals surface area contributed by atoms with Crippen molar-refractivity contribution in [2.45, 2.75) is 19.7 Å². The van der Waals surface area contributed by atoms with Gasteiger partial charge in [-0.25, -0.2) is 0 Å². The molecule has 0 aliphatic rings. The van der Waals surface area contributed by atoms with Crippen LogP contribution in [-0.4, -0.2) is 88.2 Å². The van der Waals surface area contributed by atoms with E-state index in [1.807, 2.05) is 68.0 Å². The summed E-state index contributed by atoms with van der Waals surface area (Å²) in [6, 6.07) is 0. The maximum absolute atomic E-state index is 2.18. The molecule has 0 nitrogen and oxygen atoms in total. The van der Waals surface area contributed by atoms with E-state index in [-0.39, 0.29) is 0 Å². The molecular weight excluding hydrogens is 177 g/mol. The quantitative estimate of drug-likeness (QED) is 0.354. The molecule has 0 aromatic rings. The van der Waals surface area contributed by atoms with E-state index in [0.29, 0.717) is 0 Å². The fourth-order valence-corrected chi connectivity index (χ4v) is 0.966. The zero-order valence-corrected chi connectivity index (χ0v) is 10.3. The van der Waals surface area contributed by atoms with Gasteiger partial charge in [-0.05, 0) is 0 Å². The Labute approximate surface area is 108 Å². The molecule has 0 bridgehead atoms. The average Bonchev–Trinajstić information content (AvgIpc) is 2.31. The van der Waals surface area contributed by atoms with Crippen LogP contribution in [0.4, 0.5) is 0 Å². The van der Waals surface area contributed by atoms with Gasteiger partial charge >= 0.3 is 108 Å². The summed E-state index contributed by atoms with van der Waals surface area (Å²) in [5, 5.41) is 0. The minimum atomic E-state index is 1.16. The van der Waals surface area contributed by atoms with E-state index in [1.54, 1.807) is 0 Å². The van der Waals surface area contributed by atoms with Crippen LogP contribution < -0.4 is 0 Å². The van der Waals surface area contributed by atoms with E-state index in [0.717, 1.165) is 6.32 Å². The molecule has 0 spiro atoms. The minimum absolute atomic E-state index is 1.16. The van der Waals surface area contributed by atoms with E-state index in [4.69, 9.17) is 0 Å². The second-order valence-electron chi connectivity index (χ2n) is 3.28. The van der Waals surface area contributed by atoms with Crippen LogP contribution in [0.15, 0.2) is 0 Å². The van der Waals surface area contributed by atoms with Crippen molar-refractivity contribution < 1.29 is 0 Å². The van der Waals surface area contributed by atoms with Crippen molar-refractivity contribution in [3.05, 3.63) is 0 Å². The van der Waals surface area contributed by atoms with E-state index in [9.17, 15) is 0 Å². The summed E-state index contributed by atoms with van der Waals surface area (Å²) in [4.78, 5) is 0. The summed E-state index contributed by atoms with van der Waals surface area (Å²) in [6.45, 7) is 26.6. The molecule has 0 aromatic carbocycles. The molecule has 0 N–H and O–H groups in total. The molecular formula is C3H9B13. The molecule has 0 aliphatic heterocycles. The molecule has 0 aliphatic carbocycles. The van der Waals surface area contributed by atoms with Gasteiger partial charge in [0.25, 0.3) is 0 Å². The summed E-state index contributed by atoms with van der Waals surface area (Å²) in [5.41, 5.74) is 0. The Balaban J connectivity index is 3.68. The molecule has 0 atom stereocenters. The van der Waals surface area contributed by atoms with E-state index < -0.39 is 0 Å². The van der Waals surface area contributed by atoms with Crippen molar-refractivity contribution >= 4 is 88.2 Å². The van der Waals surface area contributed by atoms with Gasteiger partial charge in [-0.15, -0.1) is 0 Å². The first kappa shape index (κ1) is 16.8. The second-order valence-corrected chi connectivity index (χ2v) is 3.28. The van der Waals surface area contributed by atoms with Crippen LogP contribution in [0.2, 0.25) is 6.32 Å². The Kier molecular flexibility index (Phi) is 16.7. The third-order valence-corrected chi connectivity index (χ3v) is 1.78. The molecule has 13 heteroatoms. The molecule has 0 saturated heterocycles. The van der Waals surface area contributed by atoms with Crippen LogP contribution in [0.5, 0.6) is 0 Å². The van der Waals surface area contributed by atoms with Gasteiger partial charge in [0.2, 0.25) is 0 Å². The molecule has 0 unspecified atom stereocenters. The van der Waals surface area contributed by atoms with Crippen molar-refractivity contribution in [2.24, 2.45) is 0 Å². The molecule has 16 heavy (non-hydrogen) atoms. The van der Waals surface area contributed by atoms with Gasteiger partial charge in [0, 0.05) is 0 Å². The Morgan fingerprint density at radius 3 is 1.56 bits per heavy atom. The monoisotopic (exact) mass is 188 g/mol. The zero-order valence-electron chi connectivity index (χ0n) is 10.3. The van der Waals surface area contributed by atoms with Crippen molar-refractivity contribution in [3.63, 3.8) is 0 Å². The molecule has 0 heterocycles. The molecule has 60 valence electrons. The summed E-state index contributed by atoms with van der Waals surface area (Å²) < 4.78 is 0. The first-order valence-corrected chi connectivity index (χ1v) is 5.86. The second kappa shape index (κ2) is 15.8. The third kappa shape index (κ3) is 14.8. The van der Waals surface area contributed by atoms with Crippen molar-refractivity contribution in [1.29, 1.82) is 0 Å². The zero-order chi connectivity index (χ0) is 11.9. The van der Waals surface area contributed by atoms with Gasteiger partial charge in [-0.3, -0.25) is 0 Å².